The van der Waals surface area contributed by atoms with Crippen LogP contribution >= 0.6 is 0 Å². The summed E-state index contributed by atoms with van der Waals surface area (Å²) in [4.78, 5) is 24.9. The predicted octanol–water partition coefficient (Wildman–Crippen LogP) is 8.67. The zero-order valence-corrected chi connectivity index (χ0v) is 25.2. The van der Waals surface area contributed by atoms with Gasteiger partial charge < -0.3 is 9.47 Å². The van der Waals surface area contributed by atoms with Crippen molar-refractivity contribution in [1.82, 2.24) is 0 Å². The Morgan fingerprint density at radius 3 is 1.44 bits per heavy atom. The van der Waals surface area contributed by atoms with Crippen LogP contribution in [0.15, 0.2) is 24.3 Å². The maximum Gasteiger partial charge on any atom is 0.340 e. The third kappa shape index (κ3) is 16.7. The van der Waals surface area contributed by atoms with Crippen molar-refractivity contribution >= 4 is 22.1 Å². The van der Waals surface area contributed by atoms with E-state index < -0.39 is 27.5 Å². The van der Waals surface area contributed by atoms with Crippen molar-refractivity contribution in [2.24, 2.45) is 0 Å². The summed E-state index contributed by atoms with van der Waals surface area (Å²) in [6, 6.07) is 5.93. The van der Waals surface area contributed by atoms with Crippen LogP contribution < -0.4 is 0 Å². The average Bonchev–Trinajstić information content (AvgIpc) is 2.92. The zero-order valence-electron chi connectivity index (χ0n) is 24.3. The molecule has 0 aliphatic carbocycles. The van der Waals surface area contributed by atoms with E-state index in [-0.39, 0.29) is 24.2 Å². The van der Waals surface area contributed by atoms with E-state index in [1.807, 2.05) is 0 Å². The molecule has 0 aliphatic heterocycles. The van der Waals surface area contributed by atoms with Gasteiger partial charge in [0.05, 0.1) is 17.7 Å². The van der Waals surface area contributed by atoms with Crippen LogP contribution in [0.2, 0.25) is 0 Å². The molecular formula is C31H52O7S. The first kappa shape index (κ1) is 35.1. The van der Waals surface area contributed by atoms with E-state index in [9.17, 15) is 22.6 Å². The summed E-state index contributed by atoms with van der Waals surface area (Å²) >= 11 is 0. The number of rotatable bonds is 24. The lowest BCUT2D eigenvalue weighted by atomic mass is 10.0. The van der Waals surface area contributed by atoms with Gasteiger partial charge in [0, 0.05) is 0 Å². The van der Waals surface area contributed by atoms with Crippen molar-refractivity contribution in [3.05, 3.63) is 35.4 Å². The molecule has 1 rings (SSSR count). The average molecular weight is 569 g/mol. The standard InChI is InChI=1S/C31H52O7S/c1-3-5-6-7-8-9-10-11-12-13-14-15-16-17-18-19-20-23-26-37-30(32)27-24-21-22-25-28(27)31(33)38-29(4-2)39(34,35)36/h21-22,24-25,29H,3-20,23,26H2,1-2H3,(H,34,35,36). The van der Waals surface area contributed by atoms with E-state index in [4.69, 9.17) is 9.47 Å². The Kier molecular flexibility index (Phi) is 19.7. The quantitative estimate of drug-likeness (QED) is 0.0755. The van der Waals surface area contributed by atoms with E-state index in [0.29, 0.717) is 0 Å². The summed E-state index contributed by atoms with van der Waals surface area (Å²) < 4.78 is 42.1. The number of carbonyl (C=O) groups excluding carboxylic acids is 2. The lowest BCUT2D eigenvalue weighted by Gasteiger charge is -2.14. The molecule has 0 fully saturated rings. The normalized spacial score (nSPS) is 12.3. The van der Waals surface area contributed by atoms with E-state index in [2.05, 4.69) is 6.92 Å². The molecule has 0 aliphatic rings. The maximum atomic E-state index is 12.5. The highest BCUT2D eigenvalue weighted by atomic mass is 32.2. The maximum absolute atomic E-state index is 12.5. The summed E-state index contributed by atoms with van der Waals surface area (Å²) in [6.07, 6.45) is 23.0. The molecule has 7 nitrogen and oxygen atoms in total. The molecule has 0 spiro atoms. The van der Waals surface area contributed by atoms with Crippen molar-refractivity contribution in [2.45, 2.75) is 141 Å². The van der Waals surface area contributed by atoms with Gasteiger partial charge in [0.1, 0.15) is 0 Å². The molecule has 8 heteroatoms. The lowest BCUT2D eigenvalue weighted by molar-refractivity contribution is 0.0402. The third-order valence-corrected chi connectivity index (χ3v) is 8.10. The Hall–Kier alpha value is -1.93. The van der Waals surface area contributed by atoms with Gasteiger partial charge in [0.2, 0.25) is 5.44 Å². The fourth-order valence-electron chi connectivity index (χ4n) is 4.62. The van der Waals surface area contributed by atoms with E-state index in [1.54, 1.807) is 12.1 Å². The van der Waals surface area contributed by atoms with Crippen molar-refractivity contribution in [2.75, 3.05) is 6.61 Å². The minimum Gasteiger partial charge on any atom is -0.462 e. The molecule has 1 unspecified atom stereocenters. The van der Waals surface area contributed by atoms with Gasteiger partial charge in [-0.1, -0.05) is 135 Å². The van der Waals surface area contributed by atoms with Crippen LogP contribution in [-0.2, 0) is 19.6 Å². The minimum absolute atomic E-state index is 0.00935. The molecule has 0 aromatic heterocycles. The number of hydrogen-bond acceptors (Lipinski definition) is 6. The number of unbranched alkanes of at least 4 members (excludes halogenated alkanes) is 17. The van der Waals surface area contributed by atoms with Crippen LogP contribution in [0, 0.1) is 0 Å². The van der Waals surface area contributed by atoms with Gasteiger partial charge >= 0.3 is 22.1 Å². The molecule has 224 valence electrons. The van der Waals surface area contributed by atoms with Crippen LogP contribution in [0.3, 0.4) is 0 Å². The molecular weight excluding hydrogens is 516 g/mol. The second-order valence-corrected chi connectivity index (χ2v) is 12.0. The highest BCUT2D eigenvalue weighted by Crippen LogP contribution is 2.17. The number of carbonyl (C=O) groups is 2. The molecule has 1 N–H and O–H groups in total. The Balaban J connectivity index is 2.09. The molecule has 1 aromatic carbocycles. The van der Waals surface area contributed by atoms with Gasteiger partial charge in [-0.15, -0.1) is 0 Å². The highest BCUT2D eigenvalue weighted by Gasteiger charge is 2.28. The summed E-state index contributed by atoms with van der Waals surface area (Å²) in [5, 5.41) is 0. The molecule has 0 amide bonds. The first-order valence-corrected chi connectivity index (χ1v) is 16.7. The molecule has 1 aromatic rings. The Morgan fingerprint density at radius 1 is 0.667 bits per heavy atom. The van der Waals surface area contributed by atoms with Crippen LogP contribution in [-0.4, -0.2) is 37.0 Å². The summed E-state index contributed by atoms with van der Waals surface area (Å²) in [5.41, 5.74) is -1.77. The van der Waals surface area contributed by atoms with Gasteiger partial charge in [-0.3, -0.25) is 4.55 Å². The van der Waals surface area contributed by atoms with Crippen LogP contribution in [0.25, 0.3) is 0 Å². The fraction of sp³-hybridized carbons (Fsp3) is 0.742. The zero-order chi connectivity index (χ0) is 28.8. The Bertz CT molecular complexity index is 898. The molecule has 39 heavy (non-hydrogen) atoms. The topological polar surface area (TPSA) is 107 Å². The molecule has 0 saturated heterocycles. The molecule has 1 atom stereocenters. The van der Waals surface area contributed by atoms with Gasteiger partial charge in [0.15, 0.2) is 0 Å². The summed E-state index contributed by atoms with van der Waals surface area (Å²) in [7, 11) is -4.55. The van der Waals surface area contributed by atoms with Gasteiger partial charge in [0.25, 0.3) is 0 Å². The van der Waals surface area contributed by atoms with Crippen LogP contribution in [0.5, 0.6) is 0 Å². The molecule has 0 heterocycles. The molecule has 0 saturated carbocycles. The molecule has 0 bridgehead atoms. The second kappa shape index (κ2) is 21.8. The lowest BCUT2D eigenvalue weighted by Crippen LogP contribution is -2.27. The number of hydrogen-bond donors (Lipinski definition) is 1. The largest absolute Gasteiger partial charge is 0.462 e. The minimum atomic E-state index is -4.55. The van der Waals surface area contributed by atoms with E-state index in [1.165, 1.54) is 115 Å². The summed E-state index contributed by atoms with van der Waals surface area (Å²) in [5.74, 6) is -1.66. The van der Waals surface area contributed by atoms with Gasteiger partial charge in [-0.25, -0.2) is 9.59 Å². The van der Waals surface area contributed by atoms with Crippen molar-refractivity contribution in [3.8, 4) is 0 Å². The van der Waals surface area contributed by atoms with Gasteiger partial charge in [-0.05, 0) is 25.0 Å². The highest BCUT2D eigenvalue weighted by molar-refractivity contribution is 7.86. The predicted molar refractivity (Wildman–Crippen MR) is 157 cm³/mol. The van der Waals surface area contributed by atoms with Crippen LogP contribution in [0.1, 0.15) is 157 Å². The van der Waals surface area contributed by atoms with Gasteiger partial charge in [-0.2, -0.15) is 8.42 Å². The summed E-state index contributed by atoms with van der Waals surface area (Å²) in [6.45, 7) is 3.98. The monoisotopic (exact) mass is 568 g/mol. The smallest absolute Gasteiger partial charge is 0.340 e. The van der Waals surface area contributed by atoms with E-state index >= 15 is 0 Å². The number of benzene rings is 1. The first-order valence-electron chi connectivity index (χ1n) is 15.2. The Morgan fingerprint density at radius 2 is 1.05 bits per heavy atom. The van der Waals surface area contributed by atoms with Crippen molar-refractivity contribution in [3.63, 3.8) is 0 Å². The number of esters is 2. The van der Waals surface area contributed by atoms with Crippen LogP contribution in [0.4, 0.5) is 0 Å². The second-order valence-electron chi connectivity index (χ2n) is 10.4. The third-order valence-electron chi connectivity index (χ3n) is 7.00. The Labute approximate surface area is 237 Å². The SMILES string of the molecule is CCCCCCCCCCCCCCCCCCCCOC(=O)c1ccccc1C(=O)OC(CC)S(=O)(=O)O. The first-order chi connectivity index (χ1) is 18.8. The fourth-order valence-corrected chi connectivity index (χ4v) is 5.25. The van der Waals surface area contributed by atoms with Crippen molar-refractivity contribution in [1.29, 1.82) is 0 Å². The molecule has 0 radical (unpaired) electrons. The van der Waals surface area contributed by atoms with E-state index in [0.717, 1.165) is 19.3 Å². The number of ether oxygens (including phenoxy) is 2. The van der Waals surface area contributed by atoms with Crippen molar-refractivity contribution < 1.29 is 32.0 Å².